The Morgan fingerprint density at radius 2 is 2.75 bits per heavy atom. The second kappa shape index (κ2) is 3.02. The summed E-state index contributed by atoms with van der Waals surface area (Å²) in [6.45, 7) is 3.17. The fourth-order valence-corrected chi connectivity index (χ4v) is 0.598. The summed E-state index contributed by atoms with van der Waals surface area (Å²) in [4.78, 5) is 0. The maximum atomic E-state index is 5.03. The molecule has 0 saturated carbocycles. The van der Waals surface area contributed by atoms with Crippen molar-refractivity contribution in [3.8, 4) is 0 Å². The maximum absolute atomic E-state index is 5.03. The van der Waals surface area contributed by atoms with Gasteiger partial charge >= 0.3 is 0 Å². The van der Waals surface area contributed by atoms with Crippen LogP contribution in [0.5, 0.6) is 0 Å². The van der Waals surface area contributed by atoms with Crippen LogP contribution in [0.1, 0.15) is 0 Å². The first kappa shape index (κ1) is 6.01. The van der Waals surface area contributed by atoms with Crippen LogP contribution in [0.3, 0.4) is 0 Å². The molecule has 1 aliphatic rings. The zero-order valence-corrected chi connectivity index (χ0v) is 4.89. The second-order valence-corrected chi connectivity index (χ2v) is 1.63. The number of rotatable bonds is 1. The van der Waals surface area contributed by atoms with Crippen molar-refractivity contribution in [1.29, 1.82) is 0 Å². The van der Waals surface area contributed by atoms with Gasteiger partial charge in [0, 0.05) is 7.11 Å². The summed E-state index contributed by atoms with van der Waals surface area (Å²) in [5.74, 6) is 0. The average Bonchev–Trinajstić information content (AvgIpc) is 1.90. The molecular weight excluding hydrogens is 106 g/mol. The molecule has 1 atom stereocenters. The minimum Gasteiger partial charge on any atom is -0.376 e. The number of morpholine rings is 1. The van der Waals surface area contributed by atoms with E-state index in [1.807, 2.05) is 6.54 Å². The fourth-order valence-electron chi connectivity index (χ4n) is 0.598. The number of hydrogen-bond acceptors (Lipinski definition) is 3. The summed E-state index contributed by atoms with van der Waals surface area (Å²) < 4.78 is 9.95. The first-order valence-electron chi connectivity index (χ1n) is 2.62. The lowest BCUT2D eigenvalue weighted by atomic mass is 10.5. The summed E-state index contributed by atoms with van der Waals surface area (Å²) in [6.07, 6.45) is 0.0590. The van der Waals surface area contributed by atoms with E-state index in [4.69, 9.17) is 9.47 Å². The molecule has 0 spiro atoms. The average molecular weight is 116 g/mol. The quantitative estimate of drug-likeness (QED) is 0.512. The van der Waals surface area contributed by atoms with Crippen molar-refractivity contribution in [2.24, 2.45) is 0 Å². The first-order chi connectivity index (χ1) is 3.93. The molecule has 1 N–H and O–H groups in total. The molecule has 1 radical (unpaired) electrons. The van der Waals surface area contributed by atoms with E-state index >= 15 is 0 Å². The van der Waals surface area contributed by atoms with E-state index in [1.165, 1.54) is 0 Å². The zero-order valence-electron chi connectivity index (χ0n) is 4.89. The maximum Gasteiger partial charge on any atom is 0.131 e. The van der Waals surface area contributed by atoms with Gasteiger partial charge in [-0.1, -0.05) is 0 Å². The van der Waals surface area contributed by atoms with Gasteiger partial charge in [0.2, 0.25) is 0 Å². The van der Waals surface area contributed by atoms with Crippen molar-refractivity contribution in [3.63, 3.8) is 0 Å². The van der Waals surface area contributed by atoms with E-state index in [1.54, 1.807) is 7.11 Å². The van der Waals surface area contributed by atoms with Crippen molar-refractivity contribution < 1.29 is 9.47 Å². The van der Waals surface area contributed by atoms with Crippen molar-refractivity contribution in [3.05, 3.63) is 6.54 Å². The lowest BCUT2D eigenvalue weighted by molar-refractivity contribution is -0.0269. The Morgan fingerprint density at radius 1 is 1.88 bits per heavy atom. The predicted molar refractivity (Wildman–Crippen MR) is 29.1 cm³/mol. The van der Waals surface area contributed by atoms with Gasteiger partial charge in [-0.25, -0.2) is 0 Å². The Morgan fingerprint density at radius 3 is 3.12 bits per heavy atom. The fraction of sp³-hybridized carbons (Fsp3) is 0.800. The third-order valence-electron chi connectivity index (χ3n) is 1.06. The van der Waals surface area contributed by atoms with E-state index in [0.29, 0.717) is 13.2 Å². The van der Waals surface area contributed by atoms with Crippen LogP contribution in [-0.4, -0.2) is 26.6 Å². The summed E-state index contributed by atoms with van der Waals surface area (Å²) >= 11 is 0. The van der Waals surface area contributed by atoms with Gasteiger partial charge in [-0.05, 0) is 0 Å². The molecule has 1 heterocycles. The Balaban J connectivity index is 2.13. The Labute approximate surface area is 49.0 Å². The van der Waals surface area contributed by atoms with Crippen molar-refractivity contribution >= 4 is 0 Å². The third-order valence-corrected chi connectivity index (χ3v) is 1.06. The Kier molecular flexibility index (Phi) is 2.27. The normalized spacial score (nSPS) is 30.4. The van der Waals surface area contributed by atoms with Crippen LogP contribution in [-0.2, 0) is 9.47 Å². The van der Waals surface area contributed by atoms with Gasteiger partial charge in [0.1, 0.15) is 6.23 Å². The van der Waals surface area contributed by atoms with Crippen molar-refractivity contribution in [1.82, 2.24) is 5.32 Å². The Hall–Kier alpha value is -0.120. The molecule has 0 aliphatic carbocycles. The second-order valence-electron chi connectivity index (χ2n) is 1.63. The molecule has 8 heavy (non-hydrogen) atoms. The minimum absolute atomic E-state index is 0.0590. The van der Waals surface area contributed by atoms with Gasteiger partial charge in [-0.2, -0.15) is 0 Å². The van der Waals surface area contributed by atoms with Gasteiger partial charge in [-0.3, -0.25) is 5.32 Å². The molecule has 0 aromatic rings. The van der Waals surface area contributed by atoms with E-state index in [0.717, 1.165) is 0 Å². The SMILES string of the molecule is COC1COC[CH]N1. The van der Waals surface area contributed by atoms with Crippen molar-refractivity contribution in [2.75, 3.05) is 20.3 Å². The topological polar surface area (TPSA) is 30.5 Å². The van der Waals surface area contributed by atoms with Crippen LogP contribution in [0.15, 0.2) is 0 Å². The number of ether oxygens (including phenoxy) is 2. The lowest BCUT2D eigenvalue weighted by Crippen LogP contribution is -2.39. The molecule has 1 unspecified atom stereocenters. The monoisotopic (exact) mass is 116 g/mol. The van der Waals surface area contributed by atoms with Crippen LogP contribution < -0.4 is 5.32 Å². The van der Waals surface area contributed by atoms with E-state index < -0.39 is 0 Å². The molecule has 0 amide bonds. The summed E-state index contributed by atoms with van der Waals surface area (Å²) in [5, 5.41) is 3.00. The molecular formula is C5H10NO2. The van der Waals surface area contributed by atoms with Gasteiger partial charge < -0.3 is 9.47 Å². The molecule has 0 aromatic carbocycles. The van der Waals surface area contributed by atoms with E-state index in [2.05, 4.69) is 5.32 Å². The molecule has 0 aromatic heterocycles. The highest BCUT2D eigenvalue weighted by atomic mass is 16.5. The van der Waals surface area contributed by atoms with Crippen LogP contribution in [0, 0.1) is 6.54 Å². The minimum atomic E-state index is 0.0590. The largest absolute Gasteiger partial charge is 0.376 e. The van der Waals surface area contributed by atoms with Crippen molar-refractivity contribution in [2.45, 2.75) is 6.23 Å². The number of hydrogen-bond donors (Lipinski definition) is 1. The van der Waals surface area contributed by atoms with Gasteiger partial charge in [0.05, 0.1) is 19.8 Å². The Bertz CT molecular complexity index is 61.4. The molecule has 1 saturated heterocycles. The predicted octanol–water partition coefficient (Wildman–Crippen LogP) is -0.260. The molecule has 3 heteroatoms. The smallest absolute Gasteiger partial charge is 0.131 e. The summed E-state index contributed by atoms with van der Waals surface area (Å²) in [6, 6.07) is 0. The molecule has 1 aliphatic heterocycles. The highest BCUT2D eigenvalue weighted by molar-refractivity contribution is 4.69. The van der Waals surface area contributed by atoms with E-state index in [-0.39, 0.29) is 6.23 Å². The molecule has 1 fully saturated rings. The summed E-state index contributed by atoms with van der Waals surface area (Å²) in [5.41, 5.74) is 0. The highest BCUT2D eigenvalue weighted by Gasteiger charge is 2.09. The first-order valence-corrected chi connectivity index (χ1v) is 2.62. The standard InChI is InChI=1S/C5H10NO2/c1-7-5-4-8-3-2-6-5/h2,5-6H,3-4H2,1H3. The molecule has 47 valence electrons. The third kappa shape index (κ3) is 1.43. The molecule has 1 rings (SSSR count). The molecule has 3 nitrogen and oxygen atoms in total. The molecule has 0 bridgehead atoms. The highest BCUT2D eigenvalue weighted by Crippen LogP contribution is 1.94. The summed E-state index contributed by atoms with van der Waals surface area (Å²) in [7, 11) is 1.65. The van der Waals surface area contributed by atoms with Crippen LogP contribution >= 0.6 is 0 Å². The van der Waals surface area contributed by atoms with Gasteiger partial charge in [0.25, 0.3) is 0 Å². The van der Waals surface area contributed by atoms with Crippen LogP contribution in [0.4, 0.5) is 0 Å². The van der Waals surface area contributed by atoms with Gasteiger partial charge in [-0.15, -0.1) is 0 Å². The number of nitrogens with one attached hydrogen (secondary N) is 1. The lowest BCUT2D eigenvalue weighted by Gasteiger charge is -2.21. The van der Waals surface area contributed by atoms with Crippen LogP contribution in [0.25, 0.3) is 0 Å². The zero-order chi connectivity index (χ0) is 5.82. The van der Waals surface area contributed by atoms with E-state index in [9.17, 15) is 0 Å². The van der Waals surface area contributed by atoms with Crippen LogP contribution in [0.2, 0.25) is 0 Å². The number of methoxy groups -OCH3 is 1. The van der Waals surface area contributed by atoms with Gasteiger partial charge in [0.15, 0.2) is 0 Å².